The maximum Gasteiger partial charge on any atom is 0.237 e. The third-order valence-electron chi connectivity index (χ3n) is 3.25. The SMILES string of the molecule is CCC[C@@H](N)C(=O)NC(c1ccc(F)cc1)c1cccs1. The average molecular weight is 306 g/mol. The summed E-state index contributed by atoms with van der Waals surface area (Å²) in [6, 6.07) is 9.23. The lowest BCUT2D eigenvalue weighted by atomic mass is 10.0. The van der Waals surface area contributed by atoms with Gasteiger partial charge in [0.15, 0.2) is 0 Å². The monoisotopic (exact) mass is 306 g/mol. The van der Waals surface area contributed by atoms with Crippen LogP contribution in [0.1, 0.15) is 36.2 Å². The van der Waals surface area contributed by atoms with Gasteiger partial charge in [-0.15, -0.1) is 11.3 Å². The van der Waals surface area contributed by atoms with Crippen molar-refractivity contribution in [1.29, 1.82) is 0 Å². The Kier molecular flexibility index (Phi) is 5.47. The van der Waals surface area contributed by atoms with E-state index in [1.54, 1.807) is 23.5 Å². The molecule has 5 heteroatoms. The van der Waals surface area contributed by atoms with Crippen molar-refractivity contribution in [3.8, 4) is 0 Å². The number of carbonyl (C=O) groups excluding carboxylic acids is 1. The van der Waals surface area contributed by atoms with Crippen molar-refractivity contribution in [2.75, 3.05) is 0 Å². The molecule has 0 aliphatic carbocycles. The maximum absolute atomic E-state index is 13.1. The summed E-state index contributed by atoms with van der Waals surface area (Å²) >= 11 is 1.55. The van der Waals surface area contributed by atoms with Crippen LogP contribution in [0.2, 0.25) is 0 Å². The molecule has 2 atom stereocenters. The summed E-state index contributed by atoms with van der Waals surface area (Å²) in [6.45, 7) is 1.99. The zero-order valence-electron chi connectivity index (χ0n) is 11.9. The van der Waals surface area contributed by atoms with Crippen LogP contribution in [-0.2, 0) is 4.79 Å². The molecule has 112 valence electrons. The molecule has 0 fully saturated rings. The Hall–Kier alpha value is -1.72. The third-order valence-corrected chi connectivity index (χ3v) is 4.19. The van der Waals surface area contributed by atoms with Gasteiger partial charge in [0.05, 0.1) is 12.1 Å². The number of hydrogen-bond donors (Lipinski definition) is 2. The normalized spacial score (nSPS) is 13.7. The van der Waals surface area contributed by atoms with Crippen LogP contribution in [0.15, 0.2) is 41.8 Å². The second-order valence-corrected chi connectivity index (χ2v) is 5.88. The number of nitrogens with one attached hydrogen (secondary N) is 1. The molecule has 1 heterocycles. The molecule has 1 unspecified atom stereocenters. The van der Waals surface area contributed by atoms with Gasteiger partial charge in [-0.05, 0) is 35.6 Å². The van der Waals surface area contributed by atoms with E-state index in [1.165, 1.54) is 12.1 Å². The Bertz CT molecular complexity index is 568. The van der Waals surface area contributed by atoms with Crippen molar-refractivity contribution in [3.63, 3.8) is 0 Å². The highest BCUT2D eigenvalue weighted by Crippen LogP contribution is 2.26. The molecular formula is C16H19FN2OS. The zero-order valence-corrected chi connectivity index (χ0v) is 12.7. The summed E-state index contributed by atoms with van der Waals surface area (Å²) in [5, 5.41) is 4.91. The number of thiophene rings is 1. The number of amides is 1. The van der Waals surface area contributed by atoms with E-state index in [-0.39, 0.29) is 17.8 Å². The Morgan fingerprint density at radius 1 is 1.33 bits per heavy atom. The van der Waals surface area contributed by atoms with Crippen LogP contribution in [0.25, 0.3) is 0 Å². The lowest BCUT2D eigenvalue weighted by molar-refractivity contribution is -0.123. The first-order valence-corrected chi connectivity index (χ1v) is 7.84. The molecule has 2 aromatic rings. The van der Waals surface area contributed by atoms with E-state index in [1.807, 2.05) is 24.4 Å². The fraction of sp³-hybridized carbons (Fsp3) is 0.312. The van der Waals surface area contributed by atoms with Crippen molar-refractivity contribution in [2.45, 2.75) is 31.8 Å². The number of carbonyl (C=O) groups is 1. The van der Waals surface area contributed by atoms with Gasteiger partial charge in [-0.2, -0.15) is 0 Å². The number of rotatable bonds is 6. The Morgan fingerprint density at radius 3 is 2.62 bits per heavy atom. The molecule has 0 aliphatic rings. The Morgan fingerprint density at radius 2 is 2.05 bits per heavy atom. The number of halogens is 1. The van der Waals surface area contributed by atoms with E-state index in [9.17, 15) is 9.18 Å². The Balaban J connectivity index is 2.21. The molecule has 1 aromatic carbocycles. The van der Waals surface area contributed by atoms with Gasteiger partial charge >= 0.3 is 0 Å². The molecule has 1 aromatic heterocycles. The maximum atomic E-state index is 13.1. The number of nitrogens with two attached hydrogens (primary N) is 1. The van der Waals surface area contributed by atoms with E-state index in [0.717, 1.165) is 16.9 Å². The number of hydrogen-bond acceptors (Lipinski definition) is 3. The lowest BCUT2D eigenvalue weighted by Crippen LogP contribution is -2.42. The van der Waals surface area contributed by atoms with Crippen molar-refractivity contribution in [1.82, 2.24) is 5.32 Å². The fourth-order valence-corrected chi connectivity index (χ4v) is 2.92. The molecule has 2 rings (SSSR count). The Labute approximate surface area is 128 Å². The van der Waals surface area contributed by atoms with Crippen LogP contribution in [0, 0.1) is 5.82 Å². The quantitative estimate of drug-likeness (QED) is 0.861. The van der Waals surface area contributed by atoms with E-state index in [2.05, 4.69) is 5.32 Å². The van der Waals surface area contributed by atoms with Crippen molar-refractivity contribution >= 4 is 17.2 Å². The molecule has 21 heavy (non-hydrogen) atoms. The minimum absolute atomic E-state index is 0.181. The van der Waals surface area contributed by atoms with Crippen LogP contribution in [0.4, 0.5) is 4.39 Å². The second kappa shape index (κ2) is 7.33. The summed E-state index contributed by atoms with van der Waals surface area (Å²) in [5.41, 5.74) is 6.71. The van der Waals surface area contributed by atoms with Crippen molar-refractivity contribution in [2.24, 2.45) is 5.73 Å². The molecule has 3 N–H and O–H groups in total. The van der Waals surface area contributed by atoms with E-state index < -0.39 is 6.04 Å². The first kappa shape index (κ1) is 15.7. The van der Waals surface area contributed by atoms with E-state index >= 15 is 0 Å². The van der Waals surface area contributed by atoms with Crippen LogP contribution in [0.3, 0.4) is 0 Å². The highest BCUT2D eigenvalue weighted by atomic mass is 32.1. The van der Waals surface area contributed by atoms with Crippen LogP contribution in [-0.4, -0.2) is 11.9 Å². The molecular weight excluding hydrogens is 287 g/mol. The minimum atomic E-state index is -0.516. The van der Waals surface area contributed by atoms with E-state index in [0.29, 0.717) is 6.42 Å². The van der Waals surface area contributed by atoms with Gasteiger partial charge in [0.25, 0.3) is 0 Å². The van der Waals surface area contributed by atoms with Crippen LogP contribution >= 0.6 is 11.3 Å². The summed E-state index contributed by atoms with van der Waals surface area (Å²) in [7, 11) is 0. The number of benzene rings is 1. The van der Waals surface area contributed by atoms with Crippen molar-refractivity contribution in [3.05, 3.63) is 58.0 Å². The highest BCUT2D eigenvalue weighted by Gasteiger charge is 2.21. The first-order chi connectivity index (χ1) is 10.1. The predicted molar refractivity (Wildman–Crippen MR) is 83.6 cm³/mol. The zero-order chi connectivity index (χ0) is 15.2. The second-order valence-electron chi connectivity index (χ2n) is 4.90. The molecule has 1 amide bonds. The standard InChI is InChI=1S/C16H19FN2OS/c1-2-4-13(18)16(20)19-15(14-5-3-10-21-14)11-6-8-12(17)9-7-11/h3,5-10,13,15H,2,4,18H2,1H3,(H,19,20)/t13-,15?/m1/s1. The molecule has 3 nitrogen and oxygen atoms in total. The van der Waals surface area contributed by atoms with Gasteiger partial charge in [0.1, 0.15) is 5.82 Å². The summed E-state index contributed by atoms with van der Waals surface area (Å²) in [5.74, 6) is -0.475. The lowest BCUT2D eigenvalue weighted by Gasteiger charge is -2.20. The van der Waals surface area contributed by atoms with Crippen molar-refractivity contribution < 1.29 is 9.18 Å². The largest absolute Gasteiger partial charge is 0.343 e. The molecule has 0 spiro atoms. The molecule has 0 bridgehead atoms. The van der Waals surface area contributed by atoms with Gasteiger partial charge in [0.2, 0.25) is 5.91 Å². The van der Waals surface area contributed by atoms with E-state index in [4.69, 9.17) is 5.73 Å². The summed E-state index contributed by atoms with van der Waals surface area (Å²) < 4.78 is 13.1. The fourth-order valence-electron chi connectivity index (χ4n) is 2.12. The van der Waals surface area contributed by atoms with Crippen LogP contribution < -0.4 is 11.1 Å². The summed E-state index contributed by atoms with van der Waals surface area (Å²) in [6.07, 6.45) is 1.50. The smallest absolute Gasteiger partial charge is 0.237 e. The molecule has 0 saturated carbocycles. The molecule has 0 saturated heterocycles. The van der Waals surface area contributed by atoms with Gasteiger partial charge in [0, 0.05) is 4.88 Å². The molecule has 0 aliphatic heterocycles. The summed E-state index contributed by atoms with van der Waals surface area (Å²) in [4.78, 5) is 13.2. The molecule has 0 radical (unpaired) electrons. The minimum Gasteiger partial charge on any atom is -0.343 e. The first-order valence-electron chi connectivity index (χ1n) is 6.96. The topological polar surface area (TPSA) is 55.1 Å². The highest BCUT2D eigenvalue weighted by molar-refractivity contribution is 7.10. The predicted octanol–water partition coefficient (Wildman–Crippen LogP) is 3.22. The third kappa shape index (κ3) is 4.12. The van der Waals surface area contributed by atoms with Gasteiger partial charge < -0.3 is 11.1 Å². The average Bonchev–Trinajstić information content (AvgIpc) is 3.00. The van der Waals surface area contributed by atoms with Gasteiger partial charge in [-0.25, -0.2) is 4.39 Å². The van der Waals surface area contributed by atoms with Gasteiger partial charge in [-0.1, -0.05) is 31.5 Å². The van der Waals surface area contributed by atoms with Gasteiger partial charge in [-0.3, -0.25) is 4.79 Å². The van der Waals surface area contributed by atoms with Crippen LogP contribution in [0.5, 0.6) is 0 Å².